The number of carbonyl (C=O) groups is 1. The molecule has 0 aliphatic carbocycles. The van der Waals surface area contributed by atoms with E-state index in [9.17, 15) is 39.6 Å². The summed E-state index contributed by atoms with van der Waals surface area (Å²) < 4.78 is 104. The van der Waals surface area contributed by atoms with Crippen LogP contribution in [0, 0.1) is 0 Å². The lowest BCUT2D eigenvalue weighted by molar-refractivity contribution is -0.274. The van der Waals surface area contributed by atoms with E-state index in [4.69, 9.17) is 0 Å². The van der Waals surface area contributed by atoms with Gasteiger partial charge >= 0.3 is 12.5 Å². The van der Waals surface area contributed by atoms with E-state index >= 15 is 0 Å². The second kappa shape index (κ2) is 8.65. The minimum atomic E-state index is -4.90. The van der Waals surface area contributed by atoms with Gasteiger partial charge in [-0.25, -0.2) is 8.42 Å². The first kappa shape index (κ1) is 24.3. The van der Waals surface area contributed by atoms with Gasteiger partial charge < -0.3 is 10.1 Å². The summed E-state index contributed by atoms with van der Waals surface area (Å²) >= 11 is 0. The summed E-state index contributed by atoms with van der Waals surface area (Å²) in [7, 11) is -4.18. The maximum Gasteiger partial charge on any atom is 0.573 e. The first-order chi connectivity index (χ1) is 14.1. The zero-order valence-electron chi connectivity index (χ0n) is 16.0. The number of nitrogens with one attached hydrogen (secondary N) is 1. The molecule has 0 saturated carbocycles. The largest absolute Gasteiger partial charge is 0.573 e. The van der Waals surface area contributed by atoms with Gasteiger partial charge in [-0.05, 0) is 49.4 Å². The average molecular weight is 470 g/mol. The van der Waals surface area contributed by atoms with E-state index in [1.807, 2.05) is 0 Å². The van der Waals surface area contributed by atoms with Crippen LogP contribution in [0.2, 0.25) is 0 Å². The second-order valence-electron chi connectivity index (χ2n) is 6.34. The van der Waals surface area contributed by atoms with Crippen molar-refractivity contribution in [2.75, 3.05) is 15.9 Å². The smallest absolute Gasteiger partial charge is 0.406 e. The quantitative estimate of drug-likeness (QED) is 0.636. The summed E-state index contributed by atoms with van der Waals surface area (Å²) in [5, 5.41) is 2.29. The Labute approximate surface area is 173 Å². The maximum absolute atomic E-state index is 13.0. The number of rotatable bonds is 6. The molecule has 6 nitrogen and oxygen atoms in total. The third-order valence-corrected chi connectivity index (χ3v) is 5.11. The molecule has 2 rings (SSSR count). The van der Waals surface area contributed by atoms with E-state index in [2.05, 4.69) is 10.1 Å². The summed E-state index contributed by atoms with van der Waals surface area (Å²) in [6.07, 6.45) is -8.91. The van der Waals surface area contributed by atoms with Crippen LogP contribution in [0.5, 0.6) is 5.75 Å². The lowest BCUT2D eigenvalue weighted by Crippen LogP contribution is -2.45. The van der Waals surface area contributed by atoms with Gasteiger partial charge in [0.15, 0.2) is 0 Å². The van der Waals surface area contributed by atoms with Gasteiger partial charge in [0.05, 0.1) is 17.5 Å². The molecule has 0 heterocycles. The van der Waals surface area contributed by atoms with Crippen LogP contribution in [0.25, 0.3) is 0 Å². The van der Waals surface area contributed by atoms with E-state index in [-0.39, 0.29) is 11.4 Å². The standard InChI is InChI=1S/C18H16F6N2O4S/c1-11(16(27)25-13-6-8-15(9-7-13)30-18(22,23)24)26(31(2,28)29)14-5-3-4-12(10-14)17(19,20)21/h3-11H,1-2H3,(H,25,27). The van der Waals surface area contributed by atoms with Gasteiger partial charge in [0.25, 0.3) is 0 Å². The Kier molecular flexibility index (Phi) is 6.78. The van der Waals surface area contributed by atoms with Crippen LogP contribution in [0.3, 0.4) is 0 Å². The highest BCUT2D eigenvalue weighted by Crippen LogP contribution is 2.33. The molecule has 0 saturated heterocycles. The Morgan fingerprint density at radius 3 is 2.10 bits per heavy atom. The van der Waals surface area contributed by atoms with Crippen molar-refractivity contribution in [3.05, 3.63) is 54.1 Å². The first-order valence-electron chi connectivity index (χ1n) is 8.41. The second-order valence-corrected chi connectivity index (χ2v) is 8.20. The highest BCUT2D eigenvalue weighted by atomic mass is 32.2. The van der Waals surface area contributed by atoms with Crippen LogP contribution in [-0.4, -0.2) is 33.0 Å². The number of nitrogens with zero attached hydrogens (tertiary/aromatic N) is 1. The molecule has 2 aromatic carbocycles. The van der Waals surface area contributed by atoms with E-state index in [1.54, 1.807) is 0 Å². The predicted molar refractivity (Wildman–Crippen MR) is 100.0 cm³/mol. The highest BCUT2D eigenvalue weighted by molar-refractivity contribution is 7.92. The molecule has 0 radical (unpaired) electrons. The van der Waals surface area contributed by atoms with Gasteiger partial charge in [-0.1, -0.05) is 6.07 Å². The summed E-state index contributed by atoms with van der Waals surface area (Å²) in [6, 6.07) is 5.98. The van der Waals surface area contributed by atoms with Gasteiger partial charge in [-0.3, -0.25) is 9.10 Å². The van der Waals surface area contributed by atoms with Crippen LogP contribution in [0.15, 0.2) is 48.5 Å². The molecular weight excluding hydrogens is 454 g/mol. The van der Waals surface area contributed by atoms with Crippen molar-refractivity contribution in [3.63, 3.8) is 0 Å². The van der Waals surface area contributed by atoms with Crippen molar-refractivity contribution in [2.45, 2.75) is 25.5 Å². The van der Waals surface area contributed by atoms with Crippen LogP contribution in [-0.2, 0) is 21.0 Å². The third kappa shape index (κ3) is 6.77. The van der Waals surface area contributed by atoms with E-state index in [0.29, 0.717) is 10.4 Å². The lowest BCUT2D eigenvalue weighted by atomic mass is 10.1. The Bertz CT molecular complexity index is 1040. The van der Waals surface area contributed by atoms with Gasteiger partial charge in [-0.2, -0.15) is 13.2 Å². The van der Waals surface area contributed by atoms with Crippen molar-refractivity contribution in [2.24, 2.45) is 0 Å². The molecule has 31 heavy (non-hydrogen) atoms. The highest BCUT2D eigenvalue weighted by Gasteiger charge is 2.34. The maximum atomic E-state index is 13.0. The molecule has 0 bridgehead atoms. The molecule has 13 heteroatoms. The van der Waals surface area contributed by atoms with Crippen molar-refractivity contribution in [1.82, 2.24) is 0 Å². The van der Waals surface area contributed by atoms with Crippen molar-refractivity contribution < 1.29 is 44.3 Å². The van der Waals surface area contributed by atoms with Crippen molar-refractivity contribution >= 4 is 27.3 Å². The Balaban J connectivity index is 2.26. The van der Waals surface area contributed by atoms with Gasteiger partial charge in [-0.15, -0.1) is 13.2 Å². The minimum absolute atomic E-state index is 0.0175. The van der Waals surface area contributed by atoms with E-state index in [1.165, 1.54) is 0 Å². The lowest BCUT2D eigenvalue weighted by Gasteiger charge is -2.28. The fourth-order valence-corrected chi connectivity index (χ4v) is 3.78. The Hall–Kier alpha value is -2.96. The molecule has 0 aliphatic rings. The number of benzene rings is 2. The molecule has 0 aromatic heterocycles. The molecule has 1 unspecified atom stereocenters. The van der Waals surface area contributed by atoms with Crippen LogP contribution in [0.4, 0.5) is 37.7 Å². The third-order valence-electron chi connectivity index (χ3n) is 3.87. The Morgan fingerprint density at radius 2 is 1.61 bits per heavy atom. The number of amides is 1. The van der Waals surface area contributed by atoms with E-state index < -0.39 is 45.8 Å². The number of halogens is 6. The molecular formula is C18H16F6N2O4S. The SMILES string of the molecule is CC(C(=O)Nc1ccc(OC(F)(F)F)cc1)N(c1cccc(C(F)(F)F)c1)S(C)(=O)=O. The fourth-order valence-electron chi connectivity index (χ4n) is 2.61. The van der Waals surface area contributed by atoms with Gasteiger partial charge in [0.2, 0.25) is 15.9 Å². The van der Waals surface area contributed by atoms with E-state index in [0.717, 1.165) is 55.6 Å². The average Bonchev–Trinajstić information content (AvgIpc) is 2.60. The van der Waals surface area contributed by atoms with Crippen LogP contribution in [0.1, 0.15) is 12.5 Å². The summed E-state index contributed by atoms with van der Waals surface area (Å²) in [6.45, 7) is 1.15. The molecule has 1 amide bonds. The van der Waals surface area contributed by atoms with Crippen molar-refractivity contribution in [1.29, 1.82) is 0 Å². The van der Waals surface area contributed by atoms with Crippen molar-refractivity contribution in [3.8, 4) is 5.75 Å². The number of hydrogen-bond donors (Lipinski definition) is 1. The molecule has 0 spiro atoms. The number of carbonyl (C=O) groups excluding carboxylic acids is 1. The van der Waals surface area contributed by atoms with Gasteiger partial charge in [0, 0.05) is 5.69 Å². The van der Waals surface area contributed by atoms with Crippen LogP contribution < -0.4 is 14.4 Å². The molecule has 0 aliphatic heterocycles. The van der Waals surface area contributed by atoms with Crippen LogP contribution >= 0.6 is 0 Å². The summed E-state index contributed by atoms with van der Waals surface area (Å²) in [4.78, 5) is 12.5. The monoisotopic (exact) mass is 470 g/mol. The molecule has 170 valence electrons. The summed E-state index contributed by atoms with van der Waals surface area (Å²) in [5.74, 6) is -1.47. The summed E-state index contributed by atoms with van der Waals surface area (Å²) in [5.41, 5.74) is -1.47. The number of alkyl halides is 6. The number of hydrogen-bond acceptors (Lipinski definition) is 4. The number of ether oxygens (including phenoxy) is 1. The normalized spacial score (nSPS) is 13.4. The molecule has 0 fully saturated rings. The molecule has 1 N–H and O–H groups in total. The number of sulfonamides is 1. The zero-order chi connectivity index (χ0) is 23.6. The first-order valence-corrected chi connectivity index (χ1v) is 10.3. The predicted octanol–water partition coefficient (Wildman–Crippen LogP) is 4.40. The minimum Gasteiger partial charge on any atom is -0.406 e. The van der Waals surface area contributed by atoms with Gasteiger partial charge in [0.1, 0.15) is 11.8 Å². The fraction of sp³-hybridized carbons (Fsp3) is 0.278. The zero-order valence-corrected chi connectivity index (χ0v) is 16.8. The Morgan fingerprint density at radius 1 is 1.03 bits per heavy atom. The topological polar surface area (TPSA) is 75.7 Å². The number of anilines is 2. The molecule has 1 atom stereocenters. The molecule has 2 aromatic rings.